The number of benzene rings is 1. The molecule has 0 fully saturated rings. The van der Waals surface area contributed by atoms with Crippen molar-refractivity contribution in [1.29, 1.82) is 0 Å². The molecule has 2 N–H and O–H groups in total. The van der Waals surface area contributed by atoms with Crippen molar-refractivity contribution in [1.82, 2.24) is 10.3 Å². The first-order chi connectivity index (χ1) is 11.0. The zero-order valence-electron chi connectivity index (χ0n) is 13.1. The minimum Gasteiger partial charge on any atom is -0.491 e. The molecule has 0 spiro atoms. The van der Waals surface area contributed by atoms with Gasteiger partial charge in [0.05, 0.1) is 10.7 Å². The molecule has 4 nitrogen and oxygen atoms in total. The Morgan fingerprint density at radius 3 is 2.74 bits per heavy atom. The second-order valence-electron chi connectivity index (χ2n) is 5.50. The van der Waals surface area contributed by atoms with Gasteiger partial charge in [-0.05, 0) is 12.1 Å². The summed E-state index contributed by atoms with van der Waals surface area (Å²) in [5.41, 5.74) is 0.937. The second kappa shape index (κ2) is 8.33. The van der Waals surface area contributed by atoms with Crippen LogP contribution in [0.3, 0.4) is 0 Å². The zero-order valence-corrected chi connectivity index (χ0v) is 13.9. The first-order valence-corrected chi connectivity index (χ1v) is 8.24. The molecule has 0 aliphatic carbocycles. The number of hydrogen-bond donors (Lipinski definition) is 2. The summed E-state index contributed by atoms with van der Waals surface area (Å²) in [5.74, 6) is -1.31. The van der Waals surface area contributed by atoms with Crippen LogP contribution in [0.15, 0.2) is 23.6 Å². The monoisotopic (exact) mass is 342 g/mol. The van der Waals surface area contributed by atoms with Crippen LogP contribution in [0.4, 0.5) is 8.78 Å². The Morgan fingerprint density at radius 2 is 2.09 bits per heavy atom. The molecule has 23 heavy (non-hydrogen) atoms. The molecule has 7 heteroatoms. The molecule has 0 saturated carbocycles. The average Bonchev–Trinajstić information content (AvgIpc) is 2.97. The third-order valence-electron chi connectivity index (χ3n) is 3.08. The fourth-order valence-electron chi connectivity index (χ4n) is 1.85. The highest BCUT2D eigenvalue weighted by Gasteiger charge is 2.09. The van der Waals surface area contributed by atoms with Crippen molar-refractivity contribution in [3.8, 4) is 5.75 Å². The quantitative estimate of drug-likeness (QED) is 0.774. The van der Waals surface area contributed by atoms with E-state index in [0.29, 0.717) is 19.0 Å². The van der Waals surface area contributed by atoms with E-state index in [0.717, 1.165) is 22.8 Å². The molecule has 0 amide bonds. The summed E-state index contributed by atoms with van der Waals surface area (Å²) in [4.78, 5) is 4.48. The number of thiazole rings is 1. The predicted molar refractivity (Wildman–Crippen MR) is 85.8 cm³/mol. The van der Waals surface area contributed by atoms with Crippen LogP contribution in [-0.4, -0.2) is 29.3 Å². The summed E-state index contributed by atoms with van der Waals surface area (Å²) in [6.07, 6.45) is -0.758. The Balaban J connectivity index is 1.70. The van der Waals surface area contributed by atoms with Gasteiger partial charge in [0.25, 0.3) is 0 Å². The first-order valence-electron chi connectivity index (χ1n) is 7.36. The van der Waals surface area contributed by atoms with Crippen LogP contribution in [0.1, 0.15) is 30.5 Å². The van der Waals surface area contributed by atoms with E-state index < -0.39 is 17.7 Å². The summed E-state index contributed by atoms with van der Waals surface area (Å²) >= 11 is 1.62. The van der Waals surface area contributed by atoms with Crippen molar-refractivity contribution >= 4 is 11.3 Å². The van der Waals surface area contributed by atoms with Crippen LogP contribution in [-0.2, 0) is 6.54 Å². The lowest BCUT2D eigenvalue weighted by atomic mass is 10.2. The zero-order chi connectivity index (χ0) is 16.8. The smallest absolute Gasteiger partial charge is 0.162 e. The highest BCUT2D eigenvalue weighted by atomic mass is 32.1. The van der Waals surface area contributed by atoms with Crippen molar-refractivity contribution in [2.75, 3.05) is 13.2 Å². The maximum Gasteiger partial charge on any atom is 0.162 e. The van der Waals surface area contributed by atoms with Gasteiger partial charge in [0, 0.05) is 30.5 Å². The molecule has 1 heterocycles. The van der Waals surface area contributed by atoms with Crippen molar-refractivity contribution in [3.05, 3.63) is 45.9 Å². The molecule has 0 bridgehead atoms. The van der Waals surface area contributed by atoms with E-state index in [1.54, 1.807) is 11.3 Å². The van der Waals surface area contributed by atoms with E-state index >= 15 is 0 Å². The van der Waals surface area contributed by atoms with Crippen LogP contribution in [0.25, 0.3) is 0 Å². The number of halogens is 2. The number of rotatable bonds is 8. The molecular formula is C16H20F2N2O2S. The van der Waals surface area contributed by atoms with Crippen molar-refractivity contribution < 1.29 is 18.6 Å². The minimum atomic E-state index is -0.973. The number of hydrogen-bond acceptors (Lipinski definition) is 5. The van der Waals surface area contributed by atoms with E-state index in [1.807, 2.05) is 5.38 Å². The first kappa shape index (κ1) is 17.8. The number of ether oxygens (including phenoxy) is 1. The lowest BCUT2D eigenvalue weighted by Gasteiger charge is -2.13. The number of nitrogens with one attached hydrogen (secondary N) is 1. The maximum atomic E-state index is 13.0. The van der Waals surface area contributed by atoms with Crippen molar-refractivity contribution in [2.24, 2.45) is 0 Å². The number of nitrogens with zero attached hydrogens (tertiary/aromatic N) is 1. The van der Waals surface area contributed by atoms with Crippen LogP contribution >= 0.6 is 11.3 Å². The normalized spacial score (nSPS) is 12.6. The van der Waals surface area contributed by atoms with Crippen LogP contribution in [0.2, 0.25) is 0 Å². The summed E-state index contributed by atoms with van der Waals surface area (Å²) in [7, 11) is 0. The van der Waals surface area contributed by atoms with Gasteiger partial charge >= 0.3 is 0 Å². The van der Waals surface area contributed by atoms with Gasteiger partial charge in [-0.1, -0.05) is 13.8 Å². The Kier molecular flexibility index (Phi) is 6.44. The van der Waals surface area contributed by atoms with E-state index in [9.17, 15) is 13.9 Å². The molecule has 2 aromatic rings. The minimum absolute atomic E-state index is 0.00756. The number of aliphatic hydroxyl groups is 1. The Labute approximate surface area is 138 Å². The largest absolute Gasteiger partial charge is 0.491 e. The predicted octanol–water partition coefficient (Wildman–Crippen LogP) is 3.07. The standard InChI is InChI=1S/C16H20F2N2O2S/c1-10(2)16-20-11(9-23-16)6-19-7-12(21)8-22-13-3-4-14(17)15(18)5-13/h3-5,9-10,12,19,21H,6-8H2,1-2H3. The molecule has 1 unspecified atom stereocenters. The lowest BCUT2D eigenvalue weighted by Crippen LogP contribution is -2.31. The highest BCUT2D eigenvalue weighted by Crippen LogP contribution is 2.19. The second-order valence-corrected chi connectivity index (χ2v) is 6.39. The topological polar surface area (TPSA) is 54.4 Å². The fraction of sp³-hybridized carbons (Fsp3) is 0.438. The third-order valence-corrected chi connectivity index (χ3v) is 4.28. The summed E-state index contributed by atoms with van der Waals surface area (Å²) in [6, 6.07) is 3.27. The molecule has 2 rings (SSSR count). The molecule has 1 aromatic heterocycles. The summed E-state index contributed by atoms with van der Waals surface area (Å²) in [5, 5.41) is 16.0. The van der Waals surface area contributed by atoms with Gasteiger partial charge in [-0.3, -0.25) is 0 Å². The van der Waals surface area contributed by atoms with Gasteiger partial charge in [0.15, 0.2) is 11.6 Å². The van der Waals surface area contributed by atoms with Crippen molar-refractivity contribution in [3.63, 3.8) is 0 Å². The lowest BCUT2D eigenvalue weighted by molar-refractivity contribution is 0.106. The van der Waals surface area contributed by atoms with E-state index in [2.05, 4.69) is 24.1 Å². The molecule has 0 saturated heterocycles. The van der Waals surface area contributed by atoms with Crippen LogP contribution in [0.5, 0.6) is 5.75 Å². The molecular weight excluding hydrogens is 322 g/mol. The van der Waals surface area contributed by atoms with Gasteiger partial charge in [0.2, 0.25) is 0 Å². The Morgan fingerprint density at radius 1 is 1.30 bits per heavy atom. The molecule has 1 atom stereocenters. The van der Waals surface area contributed by atoms with Gasteiger partial charge < -0.3 is 15.2 Å². The highest BCUT2D eigenvalue weighted by molar-refractivity contribution is 7.09. The molecule has 1 aromatic carbocycles. The molecule has 0 radical (unpaired) electrons. The van der Waals surface area contributed by atoms with Gasteiger partial charge in [-0.15, -0.1) is 11.3 Å². The fourth-order valence-corrected chi connectivity index (χ4v) is 2.69. The van der Waals surface area contributed by atoms with Crippen molar-refractivity contribution in [2.45, 2.75) is 32.4 Å². The van der Waals surface area contributed by atoms with Crippen LogP contribution in [0, 0.1) is 11.6 Å². The maximum absolute atomic E-state index is 13.0. The molecule has 0 aliphatic rings. The van der Waals surface area contributed by atoms with Crippen LogP contribution < -0.4 is 10.1 Å². The SMILES string of the molecule is CC(C)c1nc(CNCC(O)COc2ccc(F)c(F)c2)cs1. The van der Waals surface area contributed by atoms with E-state index in [-0.39, 0.29) is 12.4 Å². The van der Waals surface area contributed by atoms with E-state index in [4.69, 9.17) is 4.74 Å². The van der Waals surface area contributed by atoms with E-state index in [1.165, 1.54) is 6.07 Å². The number of aliphatic hydroxyl groups excluding tert-OH is 1. The Bertz CT molecular complexity index is 634. The molecule has 126 valence electrons. The molecule has 0 aliphatic heterocycles. The average molecular weight is 342 g/mol. The summed E-state index contributed by atoms with van der Waals surface area (Å²) < 4.78 is 31.0. The number of aromatic nitrogens is 1. The van der Waals surface area contributed by atoms with Gasteiger partial charge in [0.1, 0.15) is 18.5 Å². The van der Waals surface area contributed by atoms with Gasteiger partial charge in [-0.25, -0.2) is 13.8 Å². The summed E-state index contributed by atoms with van der Waals surface area (Å²) in [6.45, 7) is 5.06. The van der Waals surface area contributed by atoms with Gasteiger partial charge in [-0.2, -0.15) is 0 Å². The third kappa shape index (κ3) is 5.53. The Hall–Kier alpha value is -1.57.